The Morgan fingerprint density at radius 1 is 0.914 bits per heavy atom. The van der Waals surface area contributed by atoms with E-state index in [1.807, 2.05) is 18.2 Å². The maximum absolute atomic E-state index is 13.3. The average molecular weight is 477 g/mol. The third-order valence-electron chi connectivity index (χ3n) is 6.05. The van der Waals surface area contributed by atoms with E-state index in [9.17, 15) is 9.59 Å². The van der Waals surface area contributed by atoms with Crippen LogP contribution < -0.4 is 24.3 Å². The number of carbonyl (C=O) groups excluding carboxylic acids is 2. The van der Waals surface area contributed by atoms with Crippen molar-refractivity contribution in [3.63, 3.8) is 0 Å². The molecule has 0 aromatic heterocycles. The number of amides is 2. The molecule has 0 bridgehead atoms. The largest absolute Gasteiger partial charge is 0.497 e. The van der Waals surface area contributed by atoms with E-state index in [0.29, 0.717) is 46.4 Å². The minimum absolute atomic E-state index is 0.0321. The van der Waals surface area contributed by atoms with Gasteiger partial charge in [0.05, 0.1) is 40.9 Å². The van der Waals surface area contributed by atoms with Gasteiger partial charge in [0.1, 0.15) is 5.75 Å². The summed E-state index contributed by atoms with van der Waals surface area (Å²) in [6.45, 7) is 0.395. The van der Waals surface area contributed by atoms with Crippen molar-refractivity contribution in [2.75, 3.05) is 33.8 Å². The maximum Gasteiger partial charge on any atom is 0.255 e. The summed E-state index contributed by atoms with van der Waals surface area (Å²) in [6, 6.07) is 17.5. The summed E-state index contributed by atoms with van der Waals surface area (Å²) in [6.07, 6.45) is 0.0321. The van der Waals surface area contributed by atoms with Crippen LogP contribution in [0, 0.1) is 0 Å². The zero-order valence-electron chi connectivity index (χ0n) is 20.2. The SMILES string of the molecule is COc1ccc(NC(=O)C[C@@H](c2cc(OC)c(OC)c(OC)c2)N2Cc3ccccc3C2=O)cc1. The van der Waals surface area contributed by atoms with Gasteiger partial charge >= 0.3 is 0 Å². The number of carbonyl (C=O) groups is 2. The first kappa shape index (κ1) is 23.9. The standard InChI is InChI=1S/C27H28N2O6/c1-32-20-11-9-19(10-12-20)28-25(30)15-22(29-16-17-7-5-6-8-21(17)27(29)31)18-13-23(33-2)26(35-4)24(14-18)34-3/h5-14,22H,15-16H2,1-4H3,(H,28,30)/t22-/m0/s1. The number of anilines is 1. The molecule has 0 saturated carbocycles. The van der Waals surface area contributed by atoms with Crippen molar-refractivity contribution in [2.24, 2.45) is 0 Å². The Labute approximate surface area is 204 Å². The highest BCUT2D eigenvalue weighted by molar-refractivity contribution is 5.99. The molecule has 0 saturated heterocycles. The quantitative estimate of drug-likeness (QED) is 0.491. The van der Waals surface area contributed by atoms with Crippen LogP contribution in [0.2, 0.25) is 0 Å². The molecule has 3 aromatic carbocycles. The van der Waals surface area contributed by atoms with Crippen LogP contribution in [0.15, 0.2) is 60.7 Å². The lowest BCUT2D eigenvalue weighted by atomic mass is 10.00. The normalized spacial score (nSPS) is 13.1. The van der Waals surface area contributed by atoms with Gasteiger partial charge in [-0.15, -0.1) is 0 Å². The van der Waals surface area contributed by atoms with E-state index >= 15 is 0 Å². The maximum atomic E-state index is 13.3. The zero-order chi connectivity index (χ0) is 24.9. The molecule has 4 rings (SSSR count). The van der Waals surface area contributed by atoms with Crippen LogP contribution in [0.3, 0.4) is 0 Å². The highest BCUT2D eigenvalue weighted by Crippen LogP contribution is 2.43. The van der Waals surface area contributed by atoms with E-state index in [1.165, 1.54) is 21.3 Å². The Bertz CT molecular complexity index is 1200. The minimum atomic E-state index is -0.568. The highest BCUT2D eigenvalue weighted by atomic mass is 16.5. The molecular formula is C27H28N2O6. The second kappa shape index (κ2) is 10.4. The number of hydrogen-bond acceptors (Lipinski definition) is 6. The summed E-state index contributed by atoms with van der Waals surface area (Å²) in [7, 11) is 6.17. The van der Waals surface area contributed by atoms with Gasteiger partial charge in [0.15, 0.2) is 11.5 Å². The molecule has 1 aliphatic heterocycles. The van der Waals surface area contributed by atoms with Crippen LogP contribution in [-0.4, -0.2) is 45.2 Å². The number of benzene rings is 3. The third-order valence-corrected chi connectivity index (χ3v) is 6.05. The van der Waals surface area contributed by atoms with Crippen molar-refractivity contribution in [3.8, 4) is 23.0 Å². The Hall–Kier alpha value is -4.20. The molecule has 2 amide bonds. The lowest BCUT2D eigenvalue weighted by molar-refractivity contribution is -0.117. The van der Waals surface area contributed by atoms with Crippen molar-refractivity contribution >= 4 is 17.5 Å². The van der Waals surface area contributed by atoms with Crippen LogP contribution in [0.4, 0.5) is 5.69 Å². The molecule has 0 unspecified atom stereocenters. The van der Waals surface area contributed by atoms with Crippen molar-refractivity contribution in [1.82, 2.24) is 4.90 Å². The molecular weight excluding hydrogens is 448 g/mol. The lowest BCUT2D eigenvalue weighted by Gasteiger charge is -2.29. The molecule has 1 aliphatic rings. The second-order valence-corrected chi connectivity index (χ2v) is 8.05. The summed E-state index contributed by atoms with van der Waals surface area (Å²) in [5.41, 5.74) is 2.90. The van der Waals surface area contributed by atoms with Crippen molar-refractivity contribution in [3.05, 3.63) is 77.4 Å². The van der Waals surface area contributed by atoms with Crippen molar-refractivity contribution in [2.45, 2.75) is 19.0 Å². The highest BCUT2D eigenvalue weighted by Gasteiger charge is 2.35. The molecule has 8 nitrogen and oxygen atoms in total. The monoisotopic (exact) mass is 476 g/mol. The summed E-state index contributed by atoms with van der Waals surface area (Å²) in [4.78, 5) is 28.2. The molecule has 0 spiro atoms. The molecule has 1 heterocycles. The van der Waals surface area contributed by atoms with Gasteiger partial charge in [-0.2, -0.15) is 0 Å². The number of rotatable bonds is 9. The molecule has 35 heavy (non-hydrogen) atoms. The third kappa shape index (κ3) is 4.87. The van der Waals surface area contributed by atoms with Crippen LogP contribution >= 0.6 is 0 Å². The topological polar surface area (TPSA) is 86.3 Å². The fourth-order valence-electron chi connectivity index (χ4n) is 4.29. The average Bonchev–Trinajstić information content (AvgIpc) is 3.22. The second-order valence-electron chi connectivity index (χ2n) is 8.05. The summed E-state index contributed by atoms with van der Waals surface area (Å²) < 4.78 is 21.7. The molecule has 1 N–H and O–H groups in total. The predicted molar refractivity (Wildman–Crippen MR) is 131 cm³/mol. The molecule has 8 heteroatoms. The number of nitrogens with zero attached hydrogens (tertiary/aromatic N) is 1. The number of nitrogens with one attached hydrogen (secondary N) is 1. The molecule has 0 aliphatic carbocycles. The number of methoxy groups -OCH3 is 4. The number of fused-ring (bicyclic) bond motifs is 1. The van der Waals surface area contributed by atoms with Crippen LogP contribution in [0.5, 0.6) is 23.0 Å². The van der Waals surface area contributed by atoms with Gasteiger partial charge in [0.2, 0.25) is 11.7 Å². The summed E-state index contributed by atoms with van der Waals surface area (Å²) in [5.74, 6) is 1.67. The summed E-state index contributed by atoms with van der Waals surface area (Å²) >= 11 is 0. The van der Waals surface area contributed by atoms with E-state index < -0.39 is 6.04 Å². The first-order chi connectivity index (χ1) is 17.0. The van der Waals surface area contributed by atoms with E-state index in [4.69, 9.17) is 18.9 Å². The Kier molecular flexibility index (Phi) is 7.10. The van der Waals surface area contributed by atoms with Gasteiger partial charge in [-0.05, 0) is 53.6 Å². The van der Waals surface area contributed by atoms with Crippen LogP contribution in [-0.2, 0) is 11.3 Å². The minimum Gasteiger partial charge on any atom is -0.497 e. The Morgan fingerprint density at radius 3 is 2.14 bits per heavy atom. The van der Waals surface area contributed by atoms with Gasteiger partial charge in [0.25, 0.3) is 5.91 Å². The first-order valence-electron chi connectivity index (χ1n) is 11.1. The van der Waals surface area contributed by atoms with E-state index in [2.05, 4.69) is 5.32 Å². The van der Waals surface area contributed by atoms with Gasteiger partial charge in [-0.3, -0.25) is 9.59 Å². The zero-order valence-corrected chi connectivity index (χ0v) is 20.2. The molecule has 3 aromatic rings. The van der Waals surface area contributed by atoms with Crippen molar-refractivity contribution in [1.29, 1.82) is 0 Å². The number of hydrogen-bond donors (Lipinski definition) is 1. The first-order valence-corrected chi connectivity index (χ1v) is 11.1. The van der Waals surface area contributed by atoms with Gasteiger partial charge < -0.3 is 29.2 Å². The fraction of sp³-hybridized carbons (Fsp3) is 0.259. The van der Waals surface area contributed by atoms with Gasteiger partial charge in [0, 0.05) is 17.8 Å². The predicted octanol–water partition coefficient (Wildman–Crippen LogP) is 4.45. The van der Waals surface area contributed by atoms with Crippen LogP contribution in [0.25, 0.3) is 0 Å². The van der Waals surface area contributed by atoms with E-state index in [-0.39, 0.29) is 18.2 Å². The molecule has 182 valence electrons. The molecule has 0 radical (unpaired) electrons. The van der Waals surface area contributed by atoms with Crippen LogP contribution in [0.1, 0.15) is 33.9 Å². The Balaban J connectivity index is 1.69. The lowest BCUT2D eigenvalue weighted by Crippen LogP contribution is -2.32. The molecule has 0 fully saturated rings. The summed E-state index contributed by atoms with van der Waals surface area (Å²) in [5, 5.41) is 2.91. The van der Waals surface area contributed by atoms with Gasteiger partial charge in [-0.1, -0.05) is 18.2 Å². The van der Waals surface area contributed by atoms with Crippen molar-refractivity contribution < 1.29 is 28.5 Å². The van der Waals surface area contributed by atoms with E-state index in [0.717, 1.165) is 5.56 Å². The Morgan fingerprint density at radius 2 is 1.57 bits per heavy atom. The van der Waals surface area contributed by atoms with E-state index in [1.54, 1.807) is 54.5 Å². The van der Waals surface area contributed by atoms with Gasteiger partial charge in [-0.25, -0.2) is 0 Å². The number of ether oxygens (including phenoxy) is 4. The smallest absolute Gasteiger partial charge is 0.255 e. The fourth-order valence-corrected chi connectivity index (χ4v) is 4.29. The molecule has 1 atom stereocenters.